The number of nitrogens with zero attached hydrogens (tertiary/aromatic N) is 1. The quantitative estimate of drug-likeness (QED) is 0.914. The van der Waals surface area contributed by atoms with Crippen molar-refractivity contribution in [2.45, 2.75) is 26.4 Å². The van der Waals surface area contributed by atoms with Crippen molar-refractivity contribution in [1.29, 1.82) is 0 Å². The minimum Gasteiger partial charge on any atom is -0.493 e. The Morgan fingerprint density at radius 1 is 1.47 bits per heavy atom. The molecule has 0 fully saturated rings. The lowest BCUT2D eigenvalue weighted by Gasteiger charge is -2.13. The minimum atomic E-state index is -0.680. The van der Waals surface area contributed by atoms with E-state index in [2.05, 4.69) is 4.98 Å². The van der Waals surface area contributed by atoms with E-state index in [1.807, 2.05) is 6.92 Å². The molecule has 0 saturated heterocycles. The van der Waals surface area contributed by atoms with E-state index in [0.29, 0.717) is 17.9 Å². The van der Waals surface area contributed by atoms with Crippen LogP contribution in [0.4, 0.5) is 4.39 Å². The number of aliphatic hydroxyl groups excluding tert-OH is 1. The number of hydrogen-bond acceptors (Lipinski definition) is 4. The maximum absolute atomic E-state index is 13.2. The molecule has 2 aromatic rings. The molecule has 0 saturated carbocycles. The third-order valence-electron chi connectivity index (χ3n) is 2.86. The summed E-state index contributed by atoms with van der Waals surface area (Å²) in [5.74, 6) is 0.0329. The average molecular weight is 281 g/mol. The molecule has 1 aromatic carbocycles. The number of aromatic nitrogens is 1. The van der Waals surface area contributed by atoms with Crippen molar-refractivity contribution in [3.05, 3.63) is 45.7 Å². The molecule has 0 amide bonds. The predicted octanol–water partition coefficient (Wildman–Crippen LogP) is 3.27. The first-order chi connectivity index (χ1) is 9.08. The van der Waals surface area contributed by atoms with Crippen LogP contribution < -0.4 is 4.74 Å². The monoisotopic (exact) mass is 281 g/mol. The van der Waals surface area contributed by atoms with Gasteiger partial charge in [-0.15, -0.1) is 11.3 Å². The third-order valence-corrected chi connectivity index (χ3v) is 3.85. The molecule has 1 aromatic heterocycles. The van der Waals surface area contributed by atoms with Crippen molar-refractivity contribution in [3.8, 4) is 5.75 Å². The summed E-state index contributed by atoms with van der Waals surface area (Å²) in [6.07, 6.45) is 0.0486. The maximum Gasteiger partial charge on any atom is 0.128 e. The highest BCUT2D eigenvalue weighted by atomic mass is 32.1. The zero-order valence-corrected chi connectivity index (χ0v) is 11.7. The smallest absolute Gasteiger partial charge is 0.128 e. The molecule has 0 spiro atoms. The first-order valence-corrected chi connectivity index (χ1v) is 6.95. The van der Waals surface area contributed by atoms with Gasteiger partial charge in [-0.3, -0.25) is 0 Å². The molecule has 0 aliphatic rings. The molecule has 5 heteroatoms. The first-order valence-electron chi connectivity index (χ1n) is 6.07. The van der Waals surface area contributed by atoms with E-state index in [9.17, 15) is 9.50 Å². The van der Waals surface area contributed by atoms with Crippen molar-refractivity contribution < 1.29 is 14.2 Å². The van der Waals surface area contributed by atoms with E-state index in [1.165, 1.54) is 12.1 Å². The van der Waals surface area contributed by atoms with Gasteiger partial charge in [0.2, 0.25) is 0 Å². The van der Waals surface area contributed by atoms with Gasteiger partial charge in [0, 0.05) is 22.9 Å². The molecule has 1 atom stereocenters. The van der Waals surface area contributed by atoms with E-state index >= 15 is 0 Å². The van der Waals surface area contributed by atoms with Crippen molar-refractivity contribution in [3.63, 3.8) is 0 Å². The van der Waals surface area contributed by atoms with Gasteiger partial charge in [-0.2, -0.15) is 0 Å². The molecule has 19 heavy (non-hydrogen) atoms. The van der Waals surface area contributed by atoms with Gasteiger partial charge in [0.05, 0.1) is 23.9 Å². The van der Waals surface area contributed by atoms with E-state index in [4.69, 9.17) is 4.74 Å². The van der Waals surface area contributed by atoms with Crippen LogP contribution in [0, 0.1) is 12.7 Å². The molecule has 0 aliphatic carbocycles. The molecule has 0 radical (unpaired) electrons. The fraction of sp³-hybridized carbons (Fsp3) is 0.357. The maximum atomic E-state index is 13.2. The Hall–Kier alpha value is -1.46. The van der Waals surface area contributed by atoms with Crippen LogP contribution in [0.2, 0.25) is 0 Å². The highest BCUT2D eigenvalue weighted by Crippen LogP contribution is 2.26. The van der Waals surface area contributed by atoms with E-state index < -0.39 is 6.10 Å². The third kappa shape index (κ3) is 3.52. The fourth-order valence-corrected chi connectivity index (χ4v) is 2.56. The second kappa shape index (κ2) is 6.12. The highest BCUT2D eigenvalue weighted by molar-refractivity contribution is 7.09. The Bertz CT molecular complexity index is 554. The lowest BCUT2D eigenvalue weighted by Crippen LogP contribution is -2.05. The standard InChI is InChI=1S/C14H16FNO2S/c1-9-14(19-8-16-9)5-6-18-13-7-11(15)3-4-12(13)10(2)17/h3-4,7-8,10,17H,5-6H2,1-2H3/t10-/m0/s1. The Labute approximate surface area is 115 Å². The molecule has 3 nitrogen and oxygen atoms in total. The summed E-state index contributed by atoms with van der Waals surface area (Å²) < 4.78 is 18.8. The van der Waals surface area contributed by atoms with Crippen LogP contribution >= 0.6 is 11.3 Å². The molecule has 1 N–H and O–H groups in total. The van der Waals surface area contributed by atoms with Gasteiger partial charge in [0.1, 0.15) is 11.6 Å². The summed E-state index contributed by atoms with van der Waals surface area (Å²) in [6, 6.07) is 4.18. The van der Waals surface area contributed by atoms with Crippen molar-refractivity contribution >= 4 is 11.3 Å². The second-order valence-corrected chi connectivity index (χ2v) is 5.26. The van der Waals surface area contributed by atoms with Crippen molar-refractivity contribution in [2.75, 3.05) is 6.61 Å². The molecule has 2 rings (SSSR count). The Kier molecular flexibility index (Phi) is 4.50. The topological polar surface area (TPSA) is 42.4 Å². The van der Waals surface area contributed by atoms with E-state index in [-0.39, 0.29) is 5.82 Å². The van der Waals surface area contributed by atoms with E-state index in [1.54, 1.807) is 29.8 Å². The van der Waals surface area contributed by atoms with Crippen LogP contribution in [0.5, 0.6) is 5.75 Å². The van der Waals surface area contributed by atoms with Crippen molar-refractivity contribution in [1.82, 2.24) is 4.98 Å². The van der Waals surface area contributed by atoms with E-state index in [0.717, 1.165) is 17.0 Å². The number of thiazole rings is 1. The molecule has 0 aliphatic heterocycles. The Morgan fingerprint density at radius 2 is 2.26 bits per heavy atom. The van der Waals surface area contributed by atoms with Gasteiger partial charge in [-0.25, -0.2) is 9.37 Å². The Balaban J connectivity index is 2.03. The van der Waals surface area contributed by atoms with Crippen LogP contribution in [0.1, 0.15) is 29.2 Å². The molecule has 102 valence electrons. The number of ether oxygens (including phenoxy) is 1. The highest BCUT2D eigenvalue weighted by Gasteiger charge is 2.11. The van der Waals surface area contributed by atoms with Gasteiger partial charge in [-0.1, -0.05) is 0 Å². The molecular formula is C14H16FNO2S. The molecule has 0 unspecified atom stereocenters. The van der Waals surface area contributed by atoms with Crippen molar-refractivity contribution in [2.24, 2.45) is 0 Å². The lowest BCUT2D eigenvalue weighted by atomic mass is 10.1. The van der Waals surface area contributed by atoms with Crippen LogP contribution in [0.15, 0.2) is 23.7 Å². The fourth-order valence-electron chi connectivity index (χ4n) is 1.80. The number of hydrogen-bond donors (Lipinski definition) is 1. The Morgan fingerprint density at radius 3 is 2.89 bits per heavy atom. The normalized spacial score (nSPS) is 12.4. The summed E-state index contributed by atoms with van der Waals surface area (Å²) in [4.78, 5) is 5.33. The van der Waals surface area contributed by atoms with Crippen LogP contribution in [-0.2, 0) is 6.42 Å². The summed E-state index contributed by atoms with van der Waals surface area (Å²) in [5.41, 5.74) is 3.40. The number of rotatable bonds is 5. The van der Waals surface area contributed by atoms with Crippen LogP contribution in [-0.4, -0.2) is 16.7 Å². The second-order valence-electron chi connectivity index (χ2n) is 4.32. The van der Waals surface area contributed by atoms with Gasteiger partial charge >= 0.3 is 0 Å². The summed E-state index contributed by atoms with van der Waals surface area (Å²) in [7, 11) is 0. The first kappa shape index (κ1) is 14.0. The molecule has 0 bridgehead atoms. The van der Waals surface area contributed by atoms with Gasteiger partial charge in [0.25, 0.3) is 0 Å². The van der Waals surface area contributed by atoms with Crippen LogP contribution in [0.25, 0.3) is 0 Å². The largest absolute Gasteiger partial charge is 0.493 e. The summed E-state index contributed by atoms with van der Waals surface area (Å²) >= 11 is 1.58. The minimum absolute atomic E-state index is 0.367. The molecule has 1 heterocycles. The summed E-state index contributed by atoms with van der Waals surface area (Å²) in [5, 5.41) is 9.61. The number of benzene rings is 1. The number of halogens is 1. The zero-order chi connectivity index (χ0) is 13.8. The number of aliphatic hydroxyl groups is 1. The van der Waals surface area contributed by atoms with Gasteiger partial charge < -0.3 is 9.84 Å². The van der Waals surface area contributed by atoms with Gasteiger partial charge in [0.15, 0.2) is 0 Å². The lowest BCUT2D eigenvalue weighted by molar-refractivity contribution is 0.191. The summed E-state index contributed by atoms with van der Waals surface area (Å²) in [6.45, 7) is 4.02. The average Bonchev–Trinajstić information content (AvgIpc) is 2.75. The number of aryl methyl sites for hydroxylation is 1. The molecular weight excluding hydrogens is 265 g/mol. The zero-order valence-electron chi connectivity index (χ0n) is 10.9. The van der Waals surface area contributed by atoms with Gasteiger partial charge in [-0.05, 0) is 26.0 Å². The predicted molar refractivity (Wildman–Crippen MR) is 73.1 cm³/mol. The SMILES string of the molecule is Cc1ncsc1CCOc1cc(F)ccc1[C@H](C)O. The van der Waals surface area contributed by atoms with Crippen LogP contribution in [0.3, 0.4) is 0 Å².